The maximum absolute atomic E-state index is 14.1. The van der Waals surface area contributed by atoms with Gasteiger partial charge in [0.05, 0.1) is 0 Å². The van der Waals surface area contributed by atoms with Gasteiger partial charge in [0.2, 0.25) is 0 Å². The minimum absolute atomic E-state index is 0.0123. The molecule has 4 rings (SSSR count). The number of carbonyl (C=O) groups is 2. The lowest BCUT2D eigenvalue weighted by molar-refractivity contribution is -0.123. The molecule has 0 bridgehead atoms. The third kappa shape index (κ3) is 4.81. The van der Waals surface area contributed by atoms with Crippen LogP contribution in [0.3, 0.4) is 0 Å². The Morgan fingerprint density at radius 2 is 1.77 bits per heavy atom. The standard InChI is InChI=1S/C26H31FN2O2/c1-2-22-9-6-14-29(22)26(31)28-15-12-20(13-16-28)25(30)18-19-7-5-8-21(17-19)23-10-3-4-11-24(23)27/h3-5,7-8,10-11,17,20,22H,2,6,9,12-16,18H2,1H3/t22-/m1/s1. The number of hydrogen-bond acceptors (Lipinski definition) is 2. The molecule has 2 aromatic rings. The van der Waals surface area contributed by atoms with Crippen molar-refractivity contribution >= 4 is 11.8 Å². The van der Waals surface area contributed by atoms with Crippen LogP contribution in [-0.4, -0.2) is 47.3 Å². The van der Waals surface area contributed by atoms with E-state index >= 15 is 0 Å². The van der Waals surface area contributed by atoms with Crippen LogP contribution in [0.2, 0.25) is 0 Å². The Morgan fingerprint density at radius 1 is 1.00 bits per heavy atom. The number of halogens is 1. The minimum atomic E-state index is -0.258. The topological polar surface area (TPSA) is 40.6 Å². The molecular formula is C26H31FN2O2. The zero-order valence-corrected chi connectivity index (χ0v) is 18.2. The average Bonchev–Trinajstić information content (AvgIpc) is 3.28. The van der Waals surface area contributed by atoms with Crippen LogP contribution in [0.4, 0.5) is 9.18 Å². The number of urea groups is 1. The summed E-state index contributed by atoms with van der Waals surface area (Å²) in [7, 11) is 0. The van der Waals surface area contributed by atoms with Crippen molar-refractivity contribution in [1.29, 1.82) is 0 Å². The molecule has 0 radical (unpaired) electrons. The highest BCUT2D eigenvalue weighted by Crippen LogP contribution is 2.27. The SMILES string of the molecule is CC[C@@H]1CCCN1C(=O)N1CCC(C(=O)Cc2cccc(-c3ccccc3F)c2)CC1. The molecule has 2 fully saturated rings. The van der Waals surface area contributed by atoms with Gasteiger partial charge >= 0.3 is 6.03 Å². The van der Waals surface area contributed by atoms with Gasteiger partial charge in [-0.25, -0.2) is 9.18 Å². The third-order valence-corrected chi connectivity index (χ3v) is 6.81. The van der Waals surface area contributed by atoms with E-state index in [1.54, 1.807) is 12.1 Å². The van der Waals surface area contributed by atoms with E-state index in [1.807, 2.05) is 40.1 Å². The van der Waals surface area contributed by atoms with Crippen LogP contribution >= 0.6 is 0 Å². The summed E-state index contributed by atoms with van der Waals surface area (Å²) < 4.78 is 14.1. The molecule has 0 aliphatic carbocycles. The molecule has 4 nitrogen and oxygen atoms in total. The number of Topliss-reactive ketones (excluding diaryl/α,β-unsaturated/α-hetero) is 1. The molecule has 164 valence electrons. The number of piperidine rings is 1. The van der Waals surface area contributed by atoms with Gasteiger partial charge in [0.1, 0.15) is 11.6 Å². The van der Waals surface area contributed by atoms with Crippen molar-refractivity contribution in [2.75, 3.05) is 19.6 Å². The number of amides is 2. The highest BCUT2D eigenvalue weighted by Gasteiger charge is 2.33. The normalized spacial score (nSPS) is 19.6. The molecule has 0 spiro atoms. The van der Waals surface area contributed by atoms with Crippen molar-refractivity contribution < 1.29 is 14.0 Å². The summed E-state index contributed by atoms with van der Waals surface area (Å²) in [6, 6.07) is 14.8. The van der Waals surface area contributed by atoms with E-state index < -0.39 is 0 Å². The molecule has 0 saturated carbocycles. The van der Waals surface area contributed by atoms with E-state index in [-0.39, 0.29) is 23.5 Å². The summed E-state index contributed by atoms with van der Waals surface area (Å²) in [6.07, 6.45) is 5.00. The van der Waals surface area contributed by atoms with Crippen LogP contribution in [0.25, 0.3) is 11.1 Å². The van der Waals surface area contributed by atoms with Crippen molar-refractivity contribution in [2.45, 2.75) is 51.5 Å². The predicted octanol–water partition coefficient (Wildman–Crippen LogP) is 5.31. The Morgan fingerprint density at radius 3 is 2.52 bits per heavy atom. The fourth-order valence-electron chi connectivity index (χ4n) is 4.98. The molecule has 2 amide bonds. The van der Waals surface area contributed by atoms with Gasteiger partial charge < -0.3 is 9.80 Å². The van der Waals surface area contributed by atoms with E-state index in [4.69, 9.17) is 0 Å². The van der Waals surface area contributed by atoms with Crippen LogP contribution in [0.15, 0.2) is 48.5 Å². The van der Waals surface area contributed by atoms with Gasteiger partial charge in [-0.05, 0) is 49.3 Å². The van der Waals surface area contributed by atoms with E-state index in [0.717, 1.165) is 49.8 Å². The summed E-state index contributed by atoms with van der Waals surface area (Å²) >= 11 is 0. The maximum atomic E-state index is 14.1. The summed E-state index contributed by atoms with van der Waals surface area (Å²) in [5, 5.41) is 0. The molecule has 2 heterocycles. The van der Waals surface area contributed by atoms with E-state index in [9.17, 15) is 14.0 Å². The van der Waals surface area contributed by atoms with Crippen molar-refractivity contribution in [1.82, 2.24) is 9.80 Å². The second-order valence-electron chi connectivity index (χ2n) is 8.76. The number of ketones is 1. The van der Waals surface area contributed by atoms with Crippen LogP contribution < -0.4 is 0 Å². The van der Waals surface area contributed by atoms with E-state index in [2.05, 4.69) is 6.92 Å². The molecule has 2 aliphatic heterocycles. The number of rotatable bonds is 5. The Kier molecular flexibility index (Phi) is 6.69. The predicted molar refractivity (Wildman–Crippen MR) is 120 cm³/mol. The smallest absolute Gasteiger partial charge is 0.320 e. The number of nitrogens with zero attached hydrogens (tertiary/aromatic N) is 2. The molecule has 2 aliphatic rings. The number of carbonyl (C=O) groups excluding carboxylic acids is 2. The largest absolute Gasteiger partial charge is 0.325 e. The molecule has 2 saturated heterocycles. The van der Waals surface area contributed by atoms with Gasteiger partial charge in [0, 0.05) is 43.6 Å². The lowest BCUT2D eigenvalue weighted by atomic mass is 9.89. The Hall–Kier alpha value is -2.69. The van der Waals surface area contributed by atoms with Gasteiger partial charge in [-0.2, -0.15) is 0 Å². The molecule has 2 aromatic carbocycles. The molecular weight excluding hydrogens is 391 g/mol. The first kappa shape index (κ1) is 21.5. The van der Waals surface area contributed by atoms with Crippen molar-refractivity contribution in [3.05, 3.63) is 59.9 Å². The highest BCUT2D eigenvalue weighted by molar-refractivity contribution is 5.84. The van der Waals surface area contributed by atoms with Crippen LogP contribution in [-0.2, 0) is 11.2 Å². The summed E-state index contributed by atoms with van der Waals surface area (Å²) in [4.78, 5) is 29.7. The first-order valence-electron chi connectivity index (χ1n) is 11.5. The van der Waals surface area contributed by atoms with Gasteiger partial charge in [0.25, 0.3) is 0 Å². The van der Waals surface area contributed by atoms with Gasteiger partial charge in [-0.1, -0.05) is 49.4 Å². The molecule has 5 heteroatoms. The Balaban J connectivity index is 1.34. The molecule has 1 atom stereocenters. The van der Waals surface area contributed by atoms with E-state index in [1.165, 1.54) is 6.07 Å². The summed E-state index contributed by atoms with van der Waals surface area (Å²) in [5.41, 5.74) is 2.25. The molecule has 0 unspecified atom stereocenters. The Bertz CT molecular complexity index is 937. The third-order valence-electron chi connectivity index (χ3n) is 6.81. The molecule has 0 aromatic heterocycles. The van der Waals surface area contributed by atoms with E-state index in [0.29, 0.717) is 31.1 Å². The minimum Gasteiger partial charge on any atom is -0.325 e. The lowest BCUT2D eigenvalue weighted by Gasteiger charge is -2.36. The summed E-state index contributed by atoms with van der Waals surface area (Å²) in [6.45, 7) is 4.30. The zero-order valence-electron chi connectivity index (χ0n) is 18.2. The van der Waals surface area contributed by atoms with Gasteiger partial charge in [-0.15, -0.1) is 0 Å². The fraction of sp³-hybridized carbons (Fsp3) is 0.462. The van der Waals surface area contributed by atoms with Crippen molar-refractivity contribution in [3.8, 4) is 11.1 Å². The highest BCUT2D eigenvalue weighted by atomic mass is 19.1. The van der Waals surface area contributed by atoms with Crippen molar-refractivity contribution in [2.24, 2.45) is 5.92 Å². The first-order chi connectivity index (χ1) is 15.1. The van der Waals surface area contributed by atoms with Crippen LogP contribution in [0.5, 0.6) is 0 Å². The zero-order chi connectivity index (χ0) is 21.8. The quantitative estimate of drug-likeness (QED) is 0.655. The second kappa shape index (κ2) is 9.63. The number of benzene rings is 2. The lowest BCUT2D eigenvalue weighted by Crippen LogP contribution is -2.49. The maximum Gasteiger partial charge on any atom is 0.320 e. The number of likely N-dealkylation sites (tertiary alicyclic amines) is 2. The van der Waals surface area contributed by atoms with Crippen molar-refractivity contribution in [3.63, 3.8) is 0 Å². The summed E-state index contributed by atoms with van der Waals surface area (Å²) in [5.74, 6) is -0.0570. The van der Waals surface area contributed by atoms with Gasteiger partial charge in [-0.3, -0.25) is 4.79 Å². The monoisotopic (exact) mass is 422 g/mol. The number of hydrogen-bond donors (Lipinski definition) is 0. The molecule has 0 N–H and O–H groups in total. The average molecular weight is 423 g/mol. The second-order valence-corrected chi connectivity index (χ2v) is 8.76. The first-order valence-corrected chi connectivity index (χ1v) is 11.5. The van der Waals surface area contributed by atoms with Crippen LogP contribution in [0.1, 0.15) is 44.6 Å². The van der Waals surface area contributed by atoms with Crippen LogP contribution in [0, 0.1) is 11.7 Å². The molecule has 31 heavy (non-hydrogen) atoms. The fourth-order valence-corrected chi connectivity index (χ4v) is 4.98. The Labute approximate surface area is 184 Å². The van der Waals surface area contributed by atoms with Gasteiger partial charge in [0.15, 0.2) is 0 Å².